The SMILES string of the molecule is CC.N#Cc1ccc2ccnc(ON)c2c1. The molecule has 2 rings (SSSR count). The van der Waals surface area contributed by atoms with Crippen LogP contribution in [0.2, 0.25) is 0 Å². The summed E-state index contributed by atoms with van der Waals surface area (Å²) in [4.78, 5) is 8.55. The predicted octanol–water partition coefficient (Wildman–Crippen LogP) is 2.39. The number of pyridine rings is 1. The van der Waals surface area contributed by atoms with Crippen LogP contribution in [0.25, 0.3) is 10.8 Å². The minimum absolute atomic E-state index is 0.333. The molecule has 1 heterocycles. The Kier molecular flexibility index (Phi) is 4.25. The first-order chi connectivity index (χ1) is 7.85. The molecule has 2 aromatic rings. The van der Waals surface area contributed by atoms with E-state index in [-0.39, 0.29) is 0 Å². The Bertz CT molecular complexity index is 517. The van der Waals surface area contributed by atoms with Crippen LogP contribution in [0.5, 0.6) is 5.88 Å². The Labute approximate surface area is 94.2 Å². The van der Waals surface area contributed by atoms with Crippen molar-refractivity contribution in [1.82, 2.24) is 4.98 Å². The first-order valence-electron chi connectivity index (χ1n) is 5.01. The van der Waals surface area contributed by atoms with Crippen molar-refractivity contribution < 1.29 is 4.84 Å². The molecule has 0 aliphatic rings. The standard InChI is InChI=1S/C10H7N3O.C2H6/c11-6-7-1-2-8-3-4-13-10(14-12)9(8)5-7;1-2/h1-5H,12H2;1-2H3. The lowest BCUT2D eigenvalue weighted by Crippen LogP contribution is -2.03. The van der Waals surface area contributed by atoms with E-state index in [0.29, 0.717) is 11.4 Å². The number of fused-ring (bicyclic) bond motifs is 1. The Morgan fingerprint density at radius 3 is 2.69 bits per heavy atom. The number of nitrogens with two attached hydrogens (primary N) is 1. The third-order valence-corrected chi connectivity index (χ3v) is 1.97. The van der Waals surface area contributed by atoms with Gasteiger partial charge in [0.15, 0.2) is 0 Å². The van der Waals surface area contributed by atoms with Crippen LogP contribution in [0.4, 0.5) is 0 Å². The van der Waals surface area contributed by atoms with Gasteiger partial charge in [0.05, 0.1) is 11.6 Å². The second kappa shape index (κ2) is 5.69. The van der Waals surface area contributed by atoms with E-state index in [0.717, 1.165) is 10.8 Å². The van der Waals surface area contributed by atoms with E-state index >= 15 is 0 Å². The zero-order chi connectivity index (χ0) is 12.0. The Hall–Kier alpha value is -2.12. The highest BCUT2D eigenvalue weighted by Gasteiger charge is 2.03. The molecule has 0 saturated heterocycles. The average molecular weight is 215 g/mol. The highest BCUT2D eigenvalue weighted by molar-refractivity contribution is 5.87. The molecule has 0 fully saturated rings. The summed E-state index contributed by atoms with van der Waals surface area (Å²) < 4.78 is 0. The molecule has 0 aliphatic carbocycles. The van der Waals surface area contributed by atoms with Crippen molar-refractivity contribution in [3.05, 3.63) is 36.0 Å². The normalized spacial score (nSPS) is 8.88. The van der Waals surface area contributed by atoms with Gasteiger partial charge in [-0.15, -0.1) is 0 Å². The molecule has 0 atom stereocenters. The fraction of sp³-hybridized carbons (Fsp3) is 0.167. The van der Waals surface area contributed by atoms with Crippen LogP contribution in [-0.2, 0) is 0 Å². The summed E-state index contributed by atoms with van der Waals surface area (Å²) in [5.41, 5.74) is 0.559. The maximum absolute atomic E-state index is 8.72. The molecule has 0 aliphatic heterocycles. The van der Waals surface area contributed by atoms with Crippen LogP contribution in [0.1, 0.15) is 19.4 Å². The van der Waals surface area contributed by atoms with Crippen molar-refractivity contribution in [2.24, 2.45) is 5.90 Å². The lowest BCUT2D eigenvalue weighted by Gasteiger charge is -2.02. The maximum Gasteiger partial charge on any atom is 0.245 e. The van der Waals surface area contributed by atoms with Crippen molar-refractivity contribution in [1.29, 1.82) is 5.26 Å². The largest absolute Gasteiger partial charge is 0.391 e. The zero-order valence-electron chi connectivity index (χ0n) is 9.27. The zero-order valence-corrected chi connectivity index (χ0v) is 9.27. The molecule has 4 heteroatoms. The van der Waals surface area contributed by atoms with Crippen LogP contribution in [0, 0.1) is 11.3 Å². The molecule has 0 saturated carbocycles. The van der Waals surface area contributed by atoms with Gasteiger partial charge in [-0.25, -0.2) is 4.98 Å². The van der Waals surface area contributed by atoms with Crippen molar-refractivity contribution >= 4 is 10.8 Å². The van der Waals surface area contributed by atoms with E-state index in [1.807, 2.05) is 32.0 Å². The molecule has 82 valence electrons. The fourth-order valence-electron chi connectivity index (χ4n) is 1.31. The average Bonchev–Trinajstić information content (AvgIpc) is 2.39. The van der Waals surface area contributed by atoms with Gasteiger partial charge in [-0.3, -0.25) is 0 Å². The third-order valence-electron chi connectivity index (χ3n) is 1.97. The second-order valence-corrected chi connectivity index (χ2v) is 2.78. The van der Waals surface area contributed by atoms with E-state index < -0.39 is 0 Å². The topological polar surface area (TPSA) is 71.9 Å². The summed E-state index contributed by atoms with van der Waals surface area (Å²) in [6, 6.07) is 9.15. The molecule has 0 spiro atoms. The number of nitriles is 1. The van der Waals surface area contributed by atoms with Crippen molar-refractivity contribution in [3.63, 3.8) is 0 Å². The summed E-state index contributed by atoms with van der Waals surface area (Å²) in [6.45, 7) is 4.00. The smallest absolute Gasteiger partial charge is 0.245 e. The summed E-state index contributed by atoms with van der Waals surface area (Å²) in [7, 11) is 0. The lowest BCUT2D eigenvalue weighted by atomic mass is 10.1. The van der Waals surface area contributed by atoms with Crippen molar-refractivity contribution in [2.45, 2.75) is 13.8 Å². The molecule has 4 nitrogen and oxygen atoms in total. The maximum atomic E-state index is 8.72. The molecule has 0 amide bonds. The van der Waals surface area contributed by atoms with E-state index in [2.05, 4.69) is 9.82 Å². The quantitative estimate of drug-likeness (QED) is 0.741. The van der Waals surface area contributed by atoms with E-state index in [9.17, 15) is 0 Å². The van der Waals surface area contributed by atoms with Gasteiger partial charge in [-0.05, 0) is 23.6 Å². The second-order valence-electron chi connectivity index (χ2n) is 2.78. The number of aromatic nitrogens is 1. The number of nitrogens with zero attached hydrogens (tertiary/aromatic N) is 2. The Morgan fingerprint density at radius 1 is 1.31 bits per heavy atom. The minimum Gasteiger partial charge on any atom is -0.391 e. The van der Waals surface area contributed by atoms with Gasteiger partial charge in [0.25, 0.3) is 0 Å². The lowest BCUT2D eigenvalue weighted by molar-refractivity contribution is 0.325. The highest BCUT2D eigenvalue weighted by atomic mass is 16.6. The summed E-state index contributed by atoms with van der Waals surface area (Å²) >= 11 is 0. The highest BCUT2D eigenvalue weighted by Crippen LogP contribution is 2.22. The van der Waals surface area contributed by atoms with Crippen LogP contribution >= 0.6 is 0 Å². The molecule has 2 N–H and O–H groups in total. The molecule has 1 aromatic heterocycles. The van der Waals surface area contributed by atoms with Gasteiger partial charge < -0.3 is 4.84 Å². The van der Waals surface area contributed by atoms with E-state index in [1.165, 1.54) is 0 Å². The molecular weight excluding hydrogens is 202 g/mol. The number of hydrogen-bond acceptors (Lipinski definition) is 4. The van der Waals surface area contributed by atoms with Crippen LogP contribution in [0.15, 0.2) is 30.5 Å². The van der Waals surface area contributed by atoms with Gasteiger partial charge in [-0.2, -0.15) is 11.2 Å². The summed E-state index contributed by atoms with van der Waals surface area (Å²) in [6.07, 6.45) is 1.61. The minimum atomic E-state index is 0.333. The summed E-state index contributed by atoms with van der Waals surface area (Å²) in [5, 5.41) is 10.4. The van der Waals surface area contributed by atoms with Crippen LogP contribution in [0.3, 0.4) is 0 Å². The number of hydrogen-bond donors (Lipinski definition) is 1. The number of benzene rings is 1. The van der Waals surface area contributed by atoms with Crippen LogP contribution in [-0.4, -0.2) is 4.98 Å². The van der Waals surface area contributed by atoms with Gasteiger partial charge in [-0.1, -0.05) is 19.9 Å². The van der Waals surface area contributed by atoms with Crippen LogP contribution < -0.4 is 10.7 Å². The molecule has 0 radical (unpaired) electrons. The predicted molar refractivity (Wildman–Crippen MR) is 62.6 cm³/mol. The number of rotatable bonds is 1. The fourth-order valence-corrected chi connectivity index (χ4v) is 1.31. The van der Waals surface area contributed by atoms with Crippen molar-refractivity contribution in [2.75, 3.05) is 0 Å². The van der Waals surface area contributed by atoms with E-state index in [4.69, 9.17) is 11.2 Å². The van der Waals surface area contributed by atoms with Gasteiger partial charge in [0.1, 0.15) is 0 Å². The monoisotopic (exact) mass is 215 g/mol. The van der Waals surface area contributed by atoms with E-state index in [1.54, 1.807) is 18.3 Å². The molecule has 0 unspecified atom stereocenters. The van der Waals surface area contributed by atoms with Crippen molar-refractivity contribution in [3.8, 4) is 11.9 Å². The molecular formula is C12H13N3O. The first-order valence-corrected chi connectivity index (χ1v) is 5.01. The summed E-state index contributed by atoms with van der Waals surface area (Å²) in [5.74, 6) is 5.39. The van der Waals surface area contributed by atoms with Gasteiger partial charge in [0, 0.05) is 11.6 Å². The molecule has 0 bridgehead atoms. The Balaban J connectivity index is 0.000000606. The molecule has 16 heavy (non-hydrogen) atoms. The first kappa shape index (κ1) is 12.0. The Morgan fingerprint density at radius 2 is 2.06 bits per heavy atom. The third kappa shape index (κ3) is 2.27. The molecule has 1 aromatic carbocycles. The van der Waals surface area contributed by atoms with Gasteiger partial charge >= 0.3 is 0 Å². The van der Waals surface area contributed by atoms with Gasteiger partial charge in [0.2, 0.25) is 5.88 Å².